The minimum Gasteiger partial charge on any atom is -0.329 e. The van der Waals surface area contributed by atoms with Crippen LogP contribution in [0.1, 0.15) is 30.5 Å². The summed E-state index contributed by atoms with van der Waals surface area (Å²) in [6.07, 6.45) is 1.11. The van der Waals surface area contributed by atoms with Crippen LogP contribution in [-0.2, 0) is 6.54 Å². The van der Waals surface area contributed by atoms with Crippen LogP contribution >= 0.6 is 11.6 Å². The summed E-state index contributed by atoms with van der Waals surface area (Å²) >= 11 is 5.99. The van der Waals surface area contributed by atoms with Gasteiger partial charge in [0.1, 0.15) is 0 Å². The first kappa shape index (κ1) is 16.0. The molecular weight excluding hydrogens is 280 g/mol. The second-order valence-electron chi connectivity index (χ2n) is 5.26. The third-order valence-electron chi connectivity index (χ3n) is 3.66. The molecular formula is C18H23ClN2. The molecule has 0 aliphatic carbocycles. The Morgan fingerprint density at radius 2 is 1.71 bits per heavy atom. The summed E-state index contributed by atoms with van der Waals surface area (Å²) in [6, 6.07) is 18.8. The molecule has 0 heterocycles. The first-order chi connectivity index (χ1) is 10.2. The van der Waals surface area contributed by atoms with Gasteiger partial charge in [0.05, 0.1) is 0 Å². The lowest BCUT2D eigenvalue weighted by Crippen LogP contribution is -2.34. The van der Waals surface area contributed by atoms with Crippen molar-refractivity contribution in [3.05, 3.63) is 70.7 Å². The highest BCUT2D eigenvalue weighted by Gasteiger charge is 2.18. The Bertz CT molecular complexity index is 525. The van der Waals surface area contributed by atoms with Crippen molar-refractivity contribution in [2.75, 3.05) is 13.1 Å². The van der Waals surface area contributed by atoms with Gasteiger partial charge in [-0.15, -0.1) is 0 Å². The molecule has 2 aromatic rings. The molecule has 0 radical (unpaired) electrons. The van der Waals surface area contributed by atoms with Gasteiger partial charge in [-0.3, -0.25) is 4.90 Å². The fourth-order valence-corrected chi connectivity index (χ4v) is 2.76. The molecule has 112 valence electrons. The number of nitrogens with two attached hydrogens (primary N) is 1. The van der Waals surface area contributed by atoms with Crippen LogP contribution in [0.5, 0.6) is 0 Å². The monoisotopic (exact) mass is 302 g/mol. The Balaban J connectivity index is 2.19. The predicted molar refractivity (Wildman–Crippen MR) is 90.4 cm³/mol. The lowest BCUT2D eigenvalue weighted by atomic mass is 10.0. The predicted octanol–water partition coefficient (Wildman–Crippen LogP) is 4.25. The van der Waals surface area contributed by atoms with Gasteiger partial charge in [-0.25, -0.2) is 0 Å². The zero-order valence-corrected chi connectivity index (χ0v) is 13.3. The maximum atomic E-state index is 6.05. The van der Waals surface area contributed by atoms with Gasteiger partial charge >= 0.3 is 0 Å². The van der Waals surface area contributed by atoms with Crippen LogP contribution in [0, 0.1) is 0 Å². The van der Waals surface area contributed by atoms with Crippen LogP contribution in [0.4, 0.5) is 0 Å². The van der Waals surface area contributed by atoms with Crippen LogP contribution in [0.15, 0.2) is 54.6 Å². The quantitative estimate of drug-likeness (QED) is 0.828. The van der Waals surface area contributed by atoms with Gasteiger partial charge in [0.2, 0.25) is 0 Å². The summed E-state index contributed by atoms with van der Waals surface area (Å²) in [4.78, 5) is 2.44. The molecule has 2 aromatic carbocycles. The molecule has 1 atom stereocenters. The van der Waals surface area contributed by atoms with E-state index in [2.05, 4.69) is 48.2 Å². The fourth-order valence-electron chi connectivity index (χ4n) is 2.63. The molecule has 0 saturated heterocycles. The second-order valence-corrected chi connectivity index (χ2v) is 5.70. The third kappa shape index (κ3) is 4.57. The van der Waals surface area contributed by atoms with Crippen molar-refractivity contribution in [2.45, 2.75) is 25.9 Å². The minimum atomic E-state index is 0.224. The highest BCUT2D eigenvalue weighted by Crippen LogP contribution is 2.23. The molecule has 2 N–H and O–H groups in total. The van der Waals surface area contributed by atoms with Crippen LogP contribution in [0.3, 0.4) is 0 Å². The van der Waals surface area contributed by atoms with Crippen LogP contribution < -0.4 is 5.73 Å². The van der Waals surface area contributed by atoms with Crippen LogP contribution in [0.25, 0.3) is 0 Å². The topological polar surface area (TPSA) is 29.3 Å². The van der Waals surface area contributed by atoms with E-state index < -0.39 is 0 Å². The van der Waals surface area contributed by atoms with E-state index in [1.54, 1.807) is 0 Å². The lowest BCUT2D eigenvalue weighted by molar-refractivity contribution is 0.193. The van der Waals surface area contributed by atoms with Crippen molar-refractivity contribution in [3.8, 4) is 0 Å². The lowest BCUT2D eigenvalue weighted by Gasteiger charge is -2.31. The molecule has 3 heteroatoms. The number of benzene rings is 2. The largest absolute Gasteiger partial charge is 0.329 e. The highest BCUT2D eigenvalue weighted by molar-refractivity contribution is 6.30. The van der Waals surface area contributed by atoms with E-state index in [-0.39, 0.29) is 6.04 Å². The first-order valence-corrected chi connectivity index (χ1v) is 7.86. The van der Waals surface area contributed by atoms with E-state index in [0.717, 1.165) is 24.5 Å². The van der Waals surface area contributed by atoms with Gasteiger partial charge in [0.15, 0.2) is 0 Å². The molecule has 2 nitrogen and oxygen atoms in total. The summed E-state index contributed by atoms with van der Waals surface area (Å²) in [5.74, 6) is 0. The molecule has 2 rings (SSSR count). The zero-order valence-electron chi connectivity index (χ0n) is 12.5. The molecule has 0 fully saturated rings. The second kappa shape index (κ2) is 8.18. The average molecular weight is 303 g/mol. The minimum absolute atomic E-state index is 0.224. The normalized spacial score (nSPS) is 12.6. The number of hydrogen-bond acceptors (Lipinski definition) is 2. The van der Waals surface area contributed by atoms with Crippen molar-refractivity contribution < 1.29 is 0 Å². The van der Waals surface area contributed by atoms with Gasteiger partial charge in [0.25, 0.3) is 0 Å². The molecule has 0 saturated carbocycles. The van der Waals surface area contributed by atoms with Gasteiger partial charge in [-0.2, -0.15) is 0 Å². The molecule has 0 aliphatic heterocycles. The standard InChI is InChI=1S/C18H23ClN2/c1-2-12-21(14-15-6-4-3-5-7-15)18(13-20)16-8-10-17(19)11-9-16/h3-11,18H,2,12-14,20H2,1H3. The highest BCUT2D eigenvalue weighted by atomic mass is 35.5. The average Bonchev–Trinajstić information content (AvgIpc) is 2.51. The Hall–Kier alpha value is -1.35. The van der Waals surface area contributed by atoms with Crippen LogP contribution in [0.2, 0.25) is 5.02 Å². The third-order valence-corrected chi connectivity index (χ3v) is 3.91. The summed E-state index contributed by atoms with van der Waals surface area (Å²) in [7, 11) is 0. The maximum absolute atomic E-state index is 6.05. The molecule has 0 bridgehead atoms. The Labute approximate surface area is 132 Å². The molecule has 0 aliphatic rings. The molecule has 0 spiro atoms. The summed E-state index contributed by atoms with van der Waals surface area (Å²) < 4.78 is 0. The van der Waals surface area contributed by atoms with Crippen molar-refractivity contribution in [1.82, 2.24) is 4.90 Å². The Morgan fingerprint density at radius 3 is 2.29 bits per heavy atom. The molecule has 21 heavy (non-hydrogen) atoms. The number of halogens is 1. The van der Waals surface area contributed by atoms with E-state index in [0.29, 0.717) is 6.54 Å². The van der Waals surface area contributed by atoms with E-state index in [1.807, 2.05) is 18.2 Å². The van der Waals surface area contributed by atoms with Crippen LogP contribution in [-0.4, -0.2) is 18.0 Å². The maximum Gasteiger partial charge on any atom is 0.0474 e. The van der Waals surface area contributed by atoms with Gasteiger partial charge in [-0.05, 0) is 36.2 Å². The van der Waals surface area contributed by atoms with Crippen molar-refractivity contribution >= 4 is 11.6 Å². The first-order valence-electron chi connectivity index (χ1n) is 7.48. The summed E-state index contributed by atoms with van der Waals surface area (Å²) in [6.45, 7) is 4.75. The summed E-state index contributed by atoms with van der Waals surface area (Å²) in [5.41, 5.74) is 8.60. The molecule has 0 amide bonds. The van der Waals surface area contributed by atoms with Gasteiger partial charge < -0.3 is 5.73 Å². The Morgan fingerprint density at radius 1 is 1.05 bits per heavy atom. The van der Waals surface area contributed by atoms with E-state index in [1.165, 1.54) is 11.1 Å². The number of rotatable bonds is 7. The van der Waals surface area contributed by atoms with Crippen molar-refractivity contribution in [1.29, 1.82) is 0 Å². The number of nitrogens with zero attached hydrogens (tertiary/aromatic N) is 1. The Kier molecular flexibility index (Phi) is 6.24. The SMILES string of the molecule is CCCN(Cc1ccccc1)C(CN)c1ccc(Cl)cc1. The molecule has 0 aromatic heterocycles. The van der Waals surface area contributed by atoms with E-state index in [9.17, 15) is 0 Å². The van der Waals surface area contributed by atoms with E-state index >= 15 is 0 Å². The smallest absolute Gasteiger partial charge is 0.0474 e. The van der Waals surface area contributed by atoms with E-state index in [4.69, 9.17) is 17.3 Å². The zero-order chi connectivity index (χ0) is 15.1. The van der Waals surface area contributed by atoms with Crippen molar-refractivity contribution in [2.24, 2.45) is 5.73 Å². The fraction of sp³-hybridized carbons (Fsp3) is 0.333. The summed E-state index contributed by atoms with van der Waals surface area (Å²) in [5, 5.41) is 0.764. The number of hydrogen-bond donors (Lipinski definition) is 1. The molecule has 1 unspecified atom stereocenters. The van der Waals surface area contributed by atoms with Gasteiger partial charge in [-0.1, -0.05) is 61.0 Å². The van der Waals surface area contributed by atoms with Gasteiger partial charge in [0, 0.05) is 24.2 Å². The van der Waals surface area contributed by atoms with Crippen molar-refractivity contribution in [3.63, 3.8) is 0 Å².